The Kier molecular flexibility index (Phi) is 5.15. The van der Waals surface area contributed by atoms with E-state index in [1.54, 1.807) is 11.0 Å². The lowest BCUT2D eigenvalue weighted by Crippen LogP contribution is -2.57. The minimum Gasteiger partial charge on any atom is -0.395 e. The highest BCUT2D eigenvalue weighted by molar-refractivity contribution is 5.83. The fraction of sp³-hybridized carbons (Fsp3) is 0.769. The van der Waals surface area contributed by atoms with Crippen LogP contribution in [0.2, 0.25) is 0 Å². The van der Waals surface area contributed by atoms with Crippen molar-refractivity contribution in [1.82, 2.24) is 10.2 Å². The Labute approximate surface area is 104 Å². The number of aliphatic hydroxyl groups is 1. The third kappa shape index (κ3) is 3.54. The fourth-order valence-corrected chi connectivity index (χ4v) is 2.38. The molecule has 0 spiro atoms. The fourth-order valence-electron chi connectivity index (χ4n) is 2.38. The molecule has 1 aliphatic rings. The molecule has 0 aliphatic carbocycles. The van der Waals surface area contributed by atoms with Gasteiger partial charge in [0.1, 0.15) is 0 Å². The molecule has 2 N–H and O–H groups in total. The molecule has 1 fully saturated rings. The normalized spacial score (nSPS) is 23.1. The summed E-state index contributed by atoms with van der Waals surface area (Å²) in [7, 11) is 0. The molecule has 1 heterocycles. The van der Waals surface area contributed by atoms with Crippen molar-refractivity contribution in [2.45, 2.75) is 32.7 Å². The molecular formula is C13H24N2O2. The summed E-state index contributed by atoms with van der Waals surface area (Å²) in [5.74, 6) is 0.0728. The van der Waals surface area contributed by atoms with Gasteiger partial charge in [0.15, 0.2) is 0 Å². The van der Waals surface area contributed by atoms with E-state index in [0.717, 1.165) is 19.4 Å². The predicted octanol–water partition coefficient (Wildman–Crippen LogP) is 0.771. The van der Waals surface area contributed by atoms with Crippen molar-refractivity contribution < 1.29 is 9.90 Å². The first kappa shape index (κ1) is 14.2. The number of hydrogen-bond acceptors (Lipinski definition) is 3. The number of nitrogens with zero attached hydrogens (tertiary/aromatic N) is 1. The first-order chi connectivity index (χ1) is 8.03. The molecule has 0 bridgehead atoms. The monoisotopic (exact) mass is 240 g/mol. The van der Waals surface area contributed by atoms with Crippen LogP contribution in [0, 0.1) is 5.41 Å². The van der Waals surface area contributed by atoms with Gasteiger partial charge in [-0.25, -0.2) is 0 Å². The molecule has 98 valence electrons. The molecule has 0 aromatic heterocycles. The minimum atomic E-state index is -0.150. The Hall–Kier alpha value is -0.870. The third-order valence-electron chi connectivity index (χ3n) is 3.41. The zero-order valence-corrected chi connectivity index (χ0v) is 10.9. The summed E-state index contributed by atoms with van der Waals surface area (Å²) in [5, 5.41) is 12.3. The Morgan fingerprint density at radius 2 is 2.35 bits per heavy atom. The lowest BCUT2D eigenvalue weighted by atomic mass is 9.77. The topological polar surface area (TPSA) is 52.6 Å². The van der Waals surface area contributed by atoms with Gasteiger partial charge in [-0.15, -0.1) is 6.58 Å². The molecular weight excluding hydrogens is 216 g/mol. The molecule has 1 rings (SSSR count). The summed E-state index contributed by atoms with van der Waals surface area (Å²) in [5.41, 5.74) is -0.0236. The van der Waals surface area contributed by atoms with Crippen molar-refractivity contribution in [3.05, 3.63) is 12.7 Å². The molecule has 0 aromatic rings. The van der Waals surface area contributed by atoms with Crippen molar-refractivity contribution in [3.8, 4) is 0 Å². The standard InChI is InChI=1S/C13H24N2O2/c1-4-8-15(9-10-16)12(17)11-13(2,3)6-5-7-14-11/h4,11,14,16H,1,5-10H2,2-3H3. The highest BCUT2D eigenvalue weighted by atomic mass is 16.3. The molecule has 1 aliphatic heterocycles. The largest absolute Gasteiger partial charge is 0.395 e. The van der Waals surface area contributed by atoms with Gasteiger partial charge in [0.25, 0.3) is 0 Å². The first-order valence-electron chi connectivity index (χ1n) is 6.27. The SMILES string of the molecule is C=CCN(CCO)C(=O)C1NCCCC1(C)C. The summed E-state index contributed by atoms with van der Waals surface area (Å²) in [6.07, 6.45) is 3.86. The molecule has 1 amide bonds. The van der Waals surface area contributed by atoms with E-state index in [0.29, 0.717) is 13.1 Å². The molecule has 0 radical (unpaired) electrons. The van der Waals surface area contributed by atoms with E-state index in [1.165, 1.54) is 0 Å². The number of aliphatic hydroxyl groups excluding tert-OH is 1. The van der Waals surface area contributed by atoms with E-state index >= 15 is 0 Å². The van der Waals surface area contributed by atoms with Gasteiger partial charge < -0.3 is 15.3 Å². The zero-order valence-electron chi connectivity index (χ0n) is 10.9. The van der Waals surface area contributed by atoms with Gasteiger partial charge in [0.05, 0.1) is 12.6 Å². The van der Waals surface area contributed by atoms with E-state index in [4.69, 9.17) is 5.11 Å². The second-order valence-corrected chi connectivity index (χ2v) is 5.28. The smallest absolute Gasteiger partial charge is 0.240 e. The van der Waals surface area contributed by atoms with Gasteiger partial charge in [-0.3, -0.25) is 4.79 Å². The van der Waals surface area contributed by atoms with Crippen LogP contribution in [0.3, 0.4) is 0 Å². The van der Waals surface area contributed by atoms with Gasteiger partial charge in [-0.05, 0) is 24.8 Å². The maximum atomic E-state index is 12.4. The second-order valence-electron chi connectivity index (χ2n) is 5.28. The summed E-state index contributed by atoms with van der Waals surface area (Å²) < 4.78 is 0. The second kappa shape index (κ2) is 6.17. The average Bonchev–Trinajstić information content (AvgIpc) is 2.27. The maximum absolute atomic E-state index is 12.4. The highest BCUT2D eigenvalue weighted by Gasteiger charge is 2.38. The van der Waals surface area contributed by atoms with E-state index in [-0.39, 0.29) is 24.0 Å². The number of piperidine rings is 1. The minimum absolute atomic E-state index is 0.00721. The van der Waals surface area contributed by atoms with Crippen molar-refractivity contribution in [2.24, 2.45) is 5.41 Å². The van der Waals surface area contributed by atoms with Crippen LogP contribution in [0.5, 0.6) is 0 Å². The molecule has 4 heteroatoms. The average molecular weight is 240 g/mol. The van der Waals surface area contributed by atoms with E-state index in [1.807, 2.05) is 0 Å². The van der Waals surface area contributed by atoms with E-state index in [9.17, 15) is 4.79 Å². The van der Waals surface area contributed by atoms with Gasteiger partial charge in [-0.1, -0.05) is 19.9 Å². The summed E-state index contributed by atoms with van der Waals surface area (Å²) in [6, 6.07) is -0.150. The van der Waals surface area contributed by atoms with Gasteiger partial charge in [-0.2, -0.15) is 0 Å². The molecule has 1 atom stereocenters. The Balaban J connectivity index is 2.73. The number of carbonyl (C=O) groups is 1. The lowest BCUT2D eigenvalue weighted by molar-refractivity contribution is -0.137. The van der Waals surface area contributed by atoms with Crippen molar-refractivity contribution in [3.63, 3.8) is 0 Å². The summed E-state index contributed by atoms with van der Waals surface area (Å²) >= 11 is 0. The lowest BCUT2D eigenvalue weighted by Gasteiger charge is -2.40. The number of hydrogen-bond donors (Lipinski definition) is 2. The van der Waals surface area contributed by atoms with Crippen LogP contribution in [0.15, 0.2) is 12.7 Å². The Morgan fingerprint density at radius 3 is 2.88 bits per heavy atom. The van der Waals surface area contributed by atoms with Crippen LogP contribution in [-0.2, 0) is 4.79 Å². The Morgan fingerprint density at radius 1 is 1.65 bits per heavy atom. The van der Waals surface area contributed by atoms with Crippen LogP contribution < -0.4 is 5.32 Å². The molecule has 1 saturated heterocycles. The Bertz CT molecular complexity index is 277. The first-order valence-corrected chi connectivity index (χ1v) is 6.27. The van der Waals surface area contributed by atoms with Crippen LogP contribution in [0.1, 0.15) is 26.7 Å². The van der Waals surface area contributed by atoms with Crippen molar-refractivity contribution in [1.29, 1.82) is 0 Å². The summed E-state index contributed by atoms with van der Waals surface area (Å²) in [6.45, 7) is 9.64. The maximum Gasteiger partial charge on any atom is 0.240 e. The van der Waals surface area contributed by atoms with Gasteiger partial charge in [0.2, 0.25) is 5.91 Å². The van der Waals surface area contributed by atoms with E-state index < -0.39 is 0 Å². The molecule has 0 saturated carbocycles. The van der Waals surface area contributed by atoms with Crippen LogP contribution in [0.25, 0.3) is 0 Å². The number of nitrogens with one attached hydrogen (secondary N) is 1. The van der Waals surface area contributed by atoms with Crippen molar-refractivity contribution >= 4 is 5.91 Å². The predicted molar refractivity (Wildman–Crippen MR) is 68.7 cm³/mol. The van der Waals surface area contributed by atoms with Crippen LogP contribution in [0.4, 0.5) is 0 Å². The number of amides is 1. The van der Waals surface area contributed by atoms with Crippen molar-refractivity contribution in [2.75, 3.05) is 26.2 Å². The molecule has 17 heavy (non-hydrogen) atoms. The molecule has 0 aromatic carbocycles. The van der Waals surface area contributed by atoms with E-state index in [2.05, 4.69) is 25.7 Å². The van der Waals surface area contributed by atoms with Crippen LogP contribution >= 0.6 is 0 Å². The number of carbonyl (C=O) groups excluding carboxylic acids is 1. The zero-order chi connectivity index (χ0) is 12.9. The molecule has 1 unspecified atom stereocenters. The number of rotatable bonds is 5. The van der Waals surface area contributed by atoms with Gasteiger partial charge >= 0.3 is 0 Å². The van der Waals surface area contributed by atoms with Crippen LogP contribution in [-0.4, -0.2) is 48.2 Å². The van der Waals surface area contributed by atoms with Gasteiger partial charge in [0, 0.05) is 13.1 Å². The summed E-state index contributed by atoms with van der Waals surface area (Å²) in [4.78, 5) is 14.1. The third-order valence-corrected chi connectivity index (χ3v) is 3.41. The molecule has 4 nitrogen and oxygen atoms in total. The quantitative estimate of drug-likeness (QED) is 0.698. The highest BCUT2D eigenvalue weighted by Crippen LogP contribution is 2.31.